The molecule has 3 rings (SSSR count). The van der Waals surface area contributed by atoms with Gasteiger partial charge in [0.25, 0.3) is 0 Å². The van der Waals surface area contributed by atoms with E-state index in [0.717, 1.165) is 12.0 Å². The number of aliphatic hydroxyl groups is 2. The maximum Gasteiger partial charge on any atom is 0.121 e. The minimum absolute atomic E-state index is 0.133. The Kier molecular flexibility index (Phi) is 6.32. The molecule has 0 bridgehead atoms. The number of benzene rings is 1. The van der Waals surface area contributed by atoms with Gasteiger partial charge in [-0.25, -0.2) is 0 Å². The number of phenolic OH excluding ortho intramolecular Hbond substituents is 1. The summed E-state index contributed by atoms with van der Waals surface area (Å²) >= 11 is 0. The standard InChI is InChI=1S/C23H28O4/c1-3-4-5-18-10-17(8-15(18)2)9-16-6-7-22(26)21(11-16)23-13-19(25)12-20(14-24)27-23/h3-8,10-11,19-20,23-26H,9,12-14H2,1-2H3/b4-3-,18-5-/t19-,20-,23+/m0/s1. The van der Waals surface area contributed by atoms with Crippen molar-refractivity contribution in [2.24, 2.45) is 0 Å². The normalized spacial score (nSPS) is 27.3. The summed E-state index contributed by atoms with van der Waals surface area (Å²) in [5.74, 6) is 0.162. The van der Waals surface area contributed by atoms with Crippen LogP contribution in [0.1, 0.15) is 43.9 Å². The second-order valence-corrected chi connectivity index (χ2v) is 7.32. The molecular weight excluding hydrogens is 340 g/mol. The van der Waals surface area contributed by atoms with Gasteiger partial charge in [-0.15, -0.1) is 0 Å². The van der Waals surface area contributed by atoms with Gasteiger partial charge < -0.3 is 20.1 Å². The number of allylic oxidation sites excluding steroid dienone is 8. The summed E-state index contributed by atoms with van der Waals surface area (Å²) in [7, 11) is 0. The van der Waals surface area contributed by atoms with Crippen molar-refractivity contribution in [3.8, 4) is 5.75 Å². The van der Waals surface area contributed by atoms with E-state index in [9.17, 15) is 15.3 Å². The fourth-order valence-corrected chi connectivity index (χ4v) is 3.71. The number of hydrogen-bond donors (Lipinski definition) is 3. The number of rotatable bonds is 5. The van der Waals surface area contributed by atoms with Crippen LogP contribution in [0.4, 0.5) is 0 Å². The first-order valence-electron chi connectivity index (χ1n) is 9.48. The Morgan fingerprint density at radius 2 is 2.04 bits per heavy atom. The van der Waals surface area contributed by atoms with Gasteiger partial charge in [0, 0.05) is 18.4 Å². The van der Waals surface area contributed by atoms with E-state index in [4.69, 9.17) is 4.74 Å². The van der Waals surface area contributed by atoms with Gasteiger partial charge in [-0.1, -0.05) is 36.4 Å². The van der Waals surface area contributed by atoms with Crippen LogP contribution in [-0.4, -0.2) is 34.1 Å². The fourth-order valence-electron chi connectivity index (χ4n) is 3.71. The molecule has 4 nitrogen and oxygen atoms in total. The van der Waals surface area contributed by atoms with E-state index in [0.29, 0.717) is 18.4 Å². The van der Waals surface area contributed by atoms with Crippen molar-refractivity contribution in [3.05, 3.63) is 76.4 Å². The minimum Gasteiger partial charge on any atom is -0.508 e. The molecule has 1 aliphatic carbocycles. The van der Waals surface area contributed by atoms with Crippen LogP contribution in [-0.2, 0) is 11.2 Å². The highest BCUT2D eigenvalue weighted by Crippen LogP contribution is 2.37. The smallest absolute Gasteiger partial charge is 0.121 e. The quantitative estimate of drug-likeness (QED) is 0.737. The van der Waals surface area contributed by atoms with Gasteiger partial charge in [-0.05, 0) is 54.7 Å². The Bertz CT molecular complexity index is 801. The van der Waals surface area contributed by atoms with Gasteiger partial charge in [-0.2, -0.15) is 0 Å². The molecule has 1 fully saturated rings. The number of aliphatic hydroxyl groups excluding tert-OH is 2. The molecule has 0 unspecified atom stereocenters. The molecule has 0 radical (unpaired) electrons. The molecule has 1 aromatic carbocycles. The molecule has 1 aliphatic heterocycles. The largest absolute Gasteiger partial charge is 0.508 e. The first-order chi connectivity index (χ1) is 13.0. The molecular formula is C23H28O4. The minimum atomic E-state index is -0.536. The Morgan fingerprint density at radius 1 is 1.22 bits per heavy atom. The number of ether oxygens (including phenoxy) is 1. The molecule has 1 heterocycles. The van der Waals surface area contributed by atoms with E-state index < -0.39 is 18.3 Å². The first-order valence-corrected chi connectivity index (χ1v) is 9.48. The van der Waals surface area contributed by atoms with Crippen molar-refractivity contribution in [1.82, 2.24) is 0 Å². The zero-order chi connectivity index (χ0) is 19.4. The van der Waals surface area contributed by atoms with E-state index in [-0.39, 0.29) is 12.4 Å². The molecule has 4 heteroatoms. The lowest BCUT2D eigenvalue weighted by atomic mass is 9.93. The van der Waals surface area contributed by atoms with Crippen LogP contribution in [0.3, 0.4) is 0 Å². The van der Waals surface area contributed by atoms with E-state index in [1.165, 1.54) is 16.7 Å². The van der Waals surface area contributed by atoms with E-state index >= 15 is 0 Å². The molecule has 1 aromatic rings. The van der Waals surface area contributed by atoms with Gasteiger partial charge in [-0.3, -0.25) is 0 Å². The summed E-state index contributed by atoms with van der Waals surface area (Å²) in [5.41, 5.74) is 5.43. The molecule has 3 atom stereocenters. The Morgan fingerprint density at radius 3 is 2.78 bits per heavy atom. The van der Waals surface area contributed by atoms with Crippen LogP contribution < -0.4 is 0 Å². The molecule has 3 N–H and O–H groups in total. The van der Waals surface area contributed by atoms with Crippen LogP contribution in [0.5, 0.6) is 5.75 Å². The van der Waals surface area contributed by atoms with Gasteiger partial charge in [0.1, 0.15) is 5.75 Å². The zero-order valence-corrected chi connectivity index (χ0v) is 15.9. The molecule has 0 aromatic heterocycles. The van der Waals surface area contributed by atoms with Gasteiger partial charge in [0.2, 0.25) is 0 Å². The predicted octanol–water partition coefficient (Wildman–Crippen LogP) is 3.90. The lowest BCUT2D eigenvalue weighted by molar-refractivity contribution is -0.114. The first kappa shape index (κ1) is 19.6. The highest BCUT2D eigenvalue weighted by Gasteiger charge is 2.30. The fraction of sp³-hybridized carbons (Fsp3) is 0.391. The highest BCUT2D eigenvalue weighted by molar-refractivity contribution is 5.54. The van der Waals surface area contributed by atoms with E-state index in [1.54, 1.807) is 6.07 Å². The third-order valence-electron chi connectivity index (χ3n) is 5.09. The summed E-state index contributed by atoms with van der Waals surface area (Å²) in [6, 6.07) is 5.55. The molecule has 0 saturated carbocycles. The van der Waals surface area contributed by atoms with Crippen molar-refractivity contribution in [2.75, 3.05) is 6.61 Å². The zero-order valence-electron chi connectivity index (χ0n) is 15.9. The third kappa shape index (κ3) is 4.78. The molecule has 144 valence electrons. The summed E-state index contributed by atoms with van der Waals surface area (Å²) < 4.78 is 5.86. The van der Waals surface area contributed by atoms with Crippen LogP contribution >= 0.6 is 0 Å². The monoisotopic (exact) mass is 368 g/mol. The maximum atomic E-state index is 10.3. The van der Waals surface area contributed by atoms with Gasteiger partial charge in [0.15, 0.2) is 0 Å². The molecule has 27 heavy (non-hydrogen) atoms. The third-order valence-corrected chi connectivity index (χ3v) is 5.09. The Balaban J connectivity index is 1.80. The molecule has 0 spiro atoms. The topological polar surface area (TPSA) is 69.9 Å². The molecule has 2 aliphatic rings. The van der Waals surface area contributed by atoms with Crippen molar-refractivity contribution >= 4 is 0 Å². The molecule has 1 saturated heterocycles. The lowest BCUT2D eigenvalue weighted by Gasteiger charge is -2.33. The average Bonchev–Trinajstić information content (AvgIpc) is 3.00. The number of aromatic hydroxyl groups is 1. The molecule has 0 amide bonds. The lowest BCUT2D eigenvalue weighted by Crippen LogP contribution is -2.33. The van der Waals surface area contributed by atoms with Crippen LogP contribution in [0.25, 0.3) is 0 Å². The SMILES string of the molecule is C/C=C\C=C1\C=C(Cc2ccc(O)c([C@H]3C[C@@H](O)C[C@@H](CO)O3)c2)C=C1C. The second-order valence-electron chi connectivity index (χ2n) is 7.32. The maximum absolute atomic E-state index is 10.3. The number of hydrogen-bond acceptors (Lipinski definition) is 4. The van der Waals surface area contributed by atoms with Crippen molar-refractivity contribution < 1.29 is 20.1 Å². The second kappa shape index (κ2) is 8.70. The van der Waals surface area contributed by atoms with Crippen molar-refractivity contribution in [1.29, 1.82) is 0 Å². The predicted molar refractivity (Wildman–Crippen MR) is 106 cm³/mol. The van der Waals surface area contributed by atoms with Gasteiger partial charge in [0.05, 0.1) is 24.9 Å². The van der Waals surface area contributed by atoms with E-state index in [1.807, 2.05) is 31.2 Å². The van der Waals surface area contributed by atoms with Crippen LogP contribution in [0.15, 0.2) is 65.3 Å². The Hall–Kier alpha value is -2.14. The van der Waals surface area contributed by atoms with E-state index in [2.05, 4.69) is 25.2 Å². The van der Waals surface area contributed by atoms with Crippen LogP contribution in [0, 0.1) is 0 Å². The van der Waals surface area contributed by atoms with Crippen molar-refractivity contribution in [2.45, 2.75) is 51.4 Å². The summed E-state index contributed by atoms with van der Waals surface area (Å²) in [6.07, 6.45) is 10.8. The summed E-state index contributed by atoms with van der Waals surface area (Å²) in [5, 5.41) is 29.7. The van der Waals surface area contributed by atoms with Crippen LogP contribution in [0.2, 0.25) is 0 Å². The van der Waals surface area contributed by atoms with Gasteiger partial charge >= 0.3 is 0 Å². The van der Waals surface area contributed by atoms with Crippen molar-refractivity contribution in [3.63, 3.8) is 0 Å². The summed E-state index contributed by atoms with van der Waals surface area (Å²) in [6.45, 7) is 3.97. The highest BCUT2D eigenvalue weighted by atomic mass is 16.5. The summed E-state index contributed by atoms with van der Waals surface area (Å²) in [4.78, 5) is 0. The number of phenols is 1. The Labute approximate surface area is 160 Å². The average molecular weight is 368 g/mol.